The van der Waals surface area contributed by atoms with E-state index in [4.69, 9.17) is 9.84 Å². The Bertz CT molecular complexity index is 1550. The van der Waals surface area contributed by atoms with E-state index >= 15 is 0 Å². The van der Waals surface area contributed by atoms with Crippen molar-refractivity contribution in [3.05, 3.63) is 89.3 Å². The monoisotopic (exact) mass is 496 g/mol. The average Bonchev–Trinajstić information content (AvgIpc) is 3.45. The number of hydrogen-bond donors (Lipinski definition) is 1. The normalized spacial score (nSPS) is 11.4. The molecule has 1 N–H and O–H groups in total. The van der Waals surface area contributed by atoms with E-state index in [0.29, 0.717) is 12.2 Å². The lowest BCUT2D eigenvalue weighted by atomic mass is 10.1. The molecule has 0 fully saturated rings. The maximum Gasteiger partial charge on any atom is 0.274 e. The molecule has 5 rings (SSSR count). The zero-order valence-electron chi connectivity index (χ0n) is 21.6. The third kappa shape index (κ3) is 5.39. The first-order valence-electron chi connectivity index (χ1n) is 12.7. The van der Waals surface area contributed by atoms with Gasteiger partial charge in [-0.05, 0) is 75.1 Å². The Balaban J connectivity index is 1.35. The van der Waals surface area contributed by atoms with Gasteiger partial charge in [0.1, 0.15) is 11.3 Å². The summed E-state index contributed by atoms with van der Waals surface area (Å²) in [6.45, 7) is 5.30. The van der Waals surface area contributed by atoms with Crippen molar-refractivity contribution in [2.75, 3.05) is 19.0 Å². The minimum Gasteiger partial charge on any atom is -0.385 e. The number of fused-ring (bicyclic) bond motifs is 2. The first-order chi connectivity index (χ1) is 18.0. The number of rotatable bonds is 10. The number of carbonyl (C=O) groups excluding carboxylic acids is 1. The molecule has 5 aromatic rings. The van der Waals surface area contributed by atoms with Gasteiger partial charge in [0.05, 0.1) is 35.3 Å². The zero-order valence-corrected chi connectivity index (χ0v) is 21.6. The van der Waals surface area contributed by atoms with E-state index in [-0.39, 0.29) is 5.91 Å². The fraction of sp³-hybridized carbons (Fsp3) is 0.310. The van der Waals surface area contributed by atoms with Crippen LogP contribution in [-0.2, 0) is 17.7 Å². The number of benzene rings is 1. The van der Waals surface area contributed by atoms with Crippen LogP contribution >= 0.6 is 0 Å². The lowest BCUT2D eigenvalue weighted by Crippen LogP contribution is -2.14. The molecular formula is C29H32N6O2. The van der Waals surface area contributed by atoms with E-state index in [1.54, 1.807) is 13.3 Å². The van der Waals surface area contributed by atoms with Crippen molar-refractivity contribution < 1.29 is 9.53 Å². The van der Waals surface area contributed by atoms with Gasteiger partial charge in [-0.1, -0.05) is 18.6 Å². The van der Waals surface area contributed by atoms with Crippen LogP contribution in [0.25, 0.3) is 16.6 Å². The number of aryl methyl sites for hydroxylation is 3. The summed E-state index contributed by atoms with van der Waals surface area (Å²) in [5.74, 6) is -0.209. The van der Waals surface area contributed by atoms with Crippen molar-refractivity contribution in [1.29, 1.82) is 0 Å². The molecule has 190 valence electrons. The number of anilines is 1. The fourth-order valence-electron chi connectivity index (χ4n) is 4.77. The first kappa shape index (κ1) is 24.6. The molecule has 1 aromatic carbocycles. The first-order valence-corrected chi connectivity index (χ1v) is 12.7. The molecule has 0 aliphatic heterocycles. The summed E-state index contributed by atoms with van der Waals surface area (Å²) < 4.78 is 8.89. The molecule has 0 saturated heterocycles. The molecule has 8 nitrogen and oxygen atoms in total. The quantitative estimate of drug-likeness (QED) is 0.263. The summed E-state index contributed by atoms with van der Waals surface area (Å²) >= 11 is 0. The Kier molecular flexibility index (Phi) is 7.28. The molecule has 0 aliphatic rings. The topological polar surface area (TPSA) is 86.3 Å². The number of imidazole rings is 1. The van der Waals surface area contributed by atoms with Crippen LogP contribution in [0.2, 0.25) is 0 Å². The van der Waals surface area contributed by atoms with Gasteiger partial charge in [0.2, 0.25) is 0 Å². The van der Waals surface area contributed by atoms with Gasteiger partial charge in [-0.25, -0.2) is 4.98 Å². The van der Waals surface area contributed by atoms with Crippen LogP contribution in [0.1, 0.15) is 52.4 Å². The number of unbranched alkanes of at least 4 members (excludes halogenated alkanes) is 2. The molecule has 4 aromatic heterocycles. The molecule has 0 saturated carbocycles. The van der Waals surface area contributed by atoms with Gasteiger partial charge in [-0.2, -0.15) is 5.10 Å². The van der Waals surface area contributed by atoms with Crippen LogP contribution in [-0.4, -0.2) is 43.8 Å². The number of nitrogens with one attached hydrogen (secondary N) is 1. The van der Waals surface area contributed by atoms with E-state index in [9.17, 15) is 4.79 Å². The highest BCUT2D eigenvalue weighted by Crippen LogP contribution is 2.28. The van der Waals surface area contributed by atoms with Crippen molar-refractivity contribution >= 4 is 28.1 Å². The summed E-state index contributed by atoms with van der Waals surface area (Å²) in [6.07, 6.45) is 7.85. The molecule has 0 aliphatic carbocycles. The second-order valence-electron chi connectivity index (χ2n) is 9.38. The smallest absolute Gasteiger partial charge is 0.274 e. The summed E-state index contributed by atoms with van der Waals surface area (Å²) in [5, 5.41) is 8.77. The molecule has 0 spiro atoms. The Morgan fingerprint density at radius 3 is 2.76 bits per heavy atom. The Hall–Kier alpha value is -4.04. The van der Waals surface area contributed by atoms with Crippen molar-refractivity contribution in [2.45, 2.75) is 46.1 Å². The number of pyridine rings is 2. The highest BCUT2D eigenvalue weighted by molar-refractivity contribution is 6.08. The van der Waals surface area contributed by atoms with E-state index < -0.39 is 0 Å². The highest BCUT2D eigenvalue weighted by atomic mass is 16.5. The van der Waals surface area contributed by atoms with E-state index in [2.05, 4.69) is 27.4 Å². The van der Waals surface area contributed by atoms with E-state index in [1.807, 2.05) is 65.5 Å². The fourth-order valence-corrected chi connectivity index (χ4v) is 4.77. The largest absolute Gasteiger partial charge is 0.385 e. The molecule has 37 heavy (non-hydrogen) atoms. The van der Waals surface area contributed by atoms with Gasteiger partial charge in [0, 0.05) is 31.0 Å². The maximum absolute atomic E-state index is 13.3. The second kappa shape index (κ2) is 10.9. The van der Waals surface area contributed by atoms with Crippen molar-refractivity contribution in [3.63, 3.8) is 0 Å². The molecule has 0 atom stereocenters. The van der Waals surface area contributed by atoms with E-state index in [0.717, 1.165) is 71.6 Å². The van der Waals surface area contributed by atoms with Crippen molar-refractivity contribution in [1.82, 2.24) is 24.1 Å². The van der Waals surface area contributed by atoms with Crippen LogP contribution in [0, 0.1) is 13.8 Å². The number of carbonyl (C=O) groups is 1. The number of methoxy groups -OCH3 is 1. The highest BCUT2D eigenvalue weighted by Gasteiger charge is 2.17. The van der Waals surface area contributed by atoms with Gasteiger partial charge >= 0.3 is 0 Å². The van der Waals surface area contributed by atoms with Gasteiger partial charge in [-0.3, -0.25) is 18.9 Å². The summed E-state index contributed by atoms with van der Waals surface area (Å²) in [4.78, 5) is 22.4. The van der Waals surface area contributed by atoms with Crippen molar-refractivity contribution in [2.24, 2.45) is 0 Å². The summed E-state index contributed by atoms with van der Waals surface area (Å²) in [5.41, 5.74) is 6.93. The number of amides is 1. The average molecular weight is 497 g/mol. The molecule has 0 unspecified atom stereocenters. The molecule has 0 radical (unpaired) electrons. The van der Waals surface area contributed by atoms with Gasteiger partial charge in [0.25, 0.3) is 5.91 Å². The standard InChI is InChI=1S/C29H32N6O2/c1-20-9-7-11-23(31-20)19-35-25-13-8-12-24(28(25)21(2)33-35)32-29(36)26-18-30-27-17-22(14-15-34(26)27)10-5-4-6-16-37-3/h7-9,11-15,17-18H,4-6,10,16,19H2,1-3H3,(H,32,36). The second-order valence-corrected chi connectivity index (χ2v) is 9.38. The number of aromatic nitrogens is 5. The lowest BCUT2D eigenvalue weighted by molar-refractivity contribution is 0.102. The van der Waals surface area contributed by atoms with Crippen LogP contribution in [0.4, 0.5) is 5.69 Å². The van der Waals surface area contributed by atoms with Gasteiger partial charge < -0.3 is 10.1 Å². The SMILES string of the molecule is COCCCCCc1ccn2c(C(=O)Nc3cccc4c3c(C)nn4Cc3cccc(C)n3)cnc2c1. The Labute approximate surface area is 216 Å². The van der Waals surface area contributed by atoms with Crippen LogP contribution in [0.3, 0.4) is 0 Å². The number of nitrogens with zero attached hydrogens (tertiary/aromatic N) is 5. The van der Waals surface area contributed by atoms with Crippen LogP contribution in [0.15, 0.2) is 60.9 Å². The zero-order chi connectivity index (χ0) is 25.8. The predicted molar refractivity (Wildman–Crippen MR) is 145 cm³/mol. The molecule has 0 bridgehead atoms. The van der Waals surface area contributed by atoms with Crippen molar-refractivity contribution in [3.8, 4) is 0 Å². The van der Waals surface area contributed by atoms with Gasteiger partial charge in [-0.15, -0.1) is 0 Å². The third-order valence-corrected chi connectivity index (χ3v) is 6.58. The minimum absolute atomic E-state index is 0.209. The van der Waals surface area contributed by atoms with E-state index in [1.165, 1.54) is 5.56 Å². The Morgan fingerprint density at radius 1 is 1.05 bits per heavy atom. The summed E-state index contributed by atoms with van der Waals surface area (Å²) in [7, 11) is 1.74. The maximum atomic E-state index is 13.3. The lowest BCUT2D eigenvalue weighted by Gasteiger charge is -2.09. The summed E-state index contributed by atoms with van der Waals surface area (Å²) in [6, 6.07) is 16.0. The molecule has 8 heteroatoms. The predicted octanol–water partition coefficient (Wildman–Crippen LogP) is 5.36. The third-order valence-electron chi connectivity index (χ3n) is 6.58. The number of ether oxygens (including phenoxy) is 1. The van der Waals surface area contributed by atoms with Gasteiger partial charge in [0.15, 0.2) is 0 Å². The number of hydrogen-bond acceptors (Lipinski definition) is 5. The molecular weight excluding hydrogens is 464 g/mol. The molecule has 1 amide bonds. The van der Waals surface area contributed by atoms with Crippen LogP contribution in [0.5, 0.6) is 0 Å². The Morgan fingerprint density at radius 2 is 1.92 bits per heavy atom. The van der Waals surface area contributed by atoms with Crippen LogP contribution < -0.4 is 5.32 Å². The molecule has 4 heterocycles. The minimum atomic E-state index is -0.209.